The first kappa shape index (κ1) is 19.4. The Morgan fingerprint density at radius 1 is 1.00 bits per heavy atom. The van der Waals surface area contributed by atoms with Crippen LogP contribution in [0.4, 0.5) is 0 Å². The fourth-order valence-electron chi connectivity index (χ4n) is 2.22. The number of esters is 2. The first-order valence-electron chi connectivity index (χ1n) is 7.89. The molecule has 2 rings (SSSR count). The number of rotatable bonds is 6. The van der Waals surface area contributed by atoms with E-state index in [1.165, 1.54) is 19.9 Å². The average molecular weight is 368 g/mol. The minimum atomic E-state index is -3.38. The Bertz CT molecular complexity index is 702. The first-order chi connectivity index (χ1) is 11.7. The van der Waals surface area contributed by atoms with Crippen molar-refractivity contribution in [3.8, 4) is 0 Å². The Hall–Kier alpha value is -1.95. The van der Waals surface area contributed by atoms with E-state index in [0.717, 1.165) is 0 Å². The predicted octanol–water partition coefficient (Wildman–Crippen LogP) is 2.80. The lowest BCUT2D eigenvalue weighted by Gasteiger charge is -2.29. The minimum Gasteiger partial charge on any atom is -0.419 e. The van der Waals surface area contributed by atoms with Crippen molar-refractivity contribution in [2.75, 3.05) is 13.2 Å². The first-order valence-corrected chi connectivity index (χ1v) is 9.43. The van der Waals surface area contributed by atoms with Crippen molar-refractivity contribution in [3.05, 3.63) is 35.4 Å². The molecule has 1 heterocycles. The van der Waals surface area contributed by atoms with E-state index in [2.05, 4.69) is 0 Å². The van der Waals surface area contributed by atoms with E-state index < -0.39 is 25.3 Å². The maximum Gasteiger partial charge on any atom is 0.361 e. The van der Waals surface area contributed by atoms with Crippen molar-refractivity contribution in [1.29, 1.82) is 0 Å². The van der Waals surface area contributed by atoms with Crippen molar-refractivity contribution in [3.63, 3.8) is 0 Å². The third-order valence-electron chi connectivity index (χ3n) is 3.24. The number of benzene rings is 1. The Morgan fingerprint density at radius 3 is 1.92 bits per heavy atom. The van der Waals surface area contributed by atoms with Gasteiger partial charge in [-0.25, -0.2) is 9.59 Å². The SMILES string of the molecule is CCOP(=O)(OCC)c1ccc(C=C2C(=O)OC(C)(C)OC2=O)cc1. The molecule has 1 aliphatic rings. The fourth-order valence-corrected chi connectivity index (χ4v) is 3.79. The van der Waals surface area contributed by atoms with Gasteiger partial charge in [0.2, 0.25) is 0 Å². The molecule has 0 N–H and O–H groups in total. The smallest absolute Gasteiger partial charge is 0.361 e. The number of hydrogen-bond donors (Lipinski definition) is 0. The Labute approximate surface area is 146 Å². The Morgan fingerprint density at radius 2 is 1.48 bits per heavy atom. The largest absolute Gasteiger partial charge is 0.419 e. The number of carbonyl (C=O) groups excluding carboxylic acids is 2. The lowest BCUT2D eigenvalue weighted by Crippen LogP contribution is -2.41. The second kappa shape index (κ2) is 7.52. The van der Waals surface area contributed by atoms with E-state index in [0.29, 0.717) is 10.9 Å². The van der Waals surface area contributed by atoms with Gasteiger partial charge in [-0.3, -0.25) is 4.57 Å². The zero-order valence-corrected chi connectivity index (χ0v) is 15.5. The van der Waals surface area contributed by atoms with Gasteiger partial charge in [0.1, 0.15) is 5.57 Å². The molecule has 0 spiro atoms. The predicted molar refractivity (Wildman–Crippen MR) is 91.2 cm³/mol. The molecule has 1 saturated heterocycles. The second-order valence-electron chi connectivity index (χ2n) is 5.66. The van der Waals surface area contributed by atoms with Crippen LogP contribution in [-0.4, -0.2) is 30.9 Å². The van der Waals surface area contributed by atoms with Gasteiger partial charge in [0.15, 0.2) is 0 Å². The molecule has 1 aliphatic heterocycles. The molecule has 0 saturated carbocycles. The summed E-state index contributed by atoms with van der Waals surface area (Å²) in [5, 5.41) is 0.397. The number of carbonyl (C=O) groups is 2. The molecular formula is C17H21O7P. The molecule has 7 nitrogen and oxygen atoms in total. The van der Waals surface area contributed by atoms with Gasteiger partial charge in [0.25, 0.3) is 5.79 Å². The molecule has 0 bridgehead atoms. The molecule has 25 heavy (non-hydrogen) atoms. The molecule has 0 amide bonds. The molecule has 0 aliphatic carbocycles. The summed E-state index contributed by atoms with van der Waals surface area (Å²) in [6.45, 7) is 6.91. The highest BCUT2D eigenvalue weighted by Crippen LogP contribution is 2.46. The molecule has 1 fully saturated rings. The average Bonchev–Trinajstić information content (AvgIpc) is 2.51. The molecule has 8 heteroatoms. The van der Waals surface area contributed by atoms with Crippen LogP contribution in [0.15, 0.2) is 29.8 Å². The maximum absolute atomic E-state index is 12.7. The third-order valence-corrected chi connectivity index (χ3v) is 5.36. The molecule has 1 aromatic rings. The summed E-state index contributed by atoms with van der Waals surface area (Å²) in [6, 6.07) is 6.35. The zero-order chi connectivity index (χ0) is 18.7. The molecule has 136 valence electrons. The van der Waals surface area contributed by atoms with Crippen LogP contribution in [0.1, 0.15) is 33.3 Å². The molecule has 0 atom stereocenters. The third kappa shape index (κ3) is 4.57. The number of cyclic esters (lactones) is 2. The van der Waals surface area contributed by atoms with Gasteiger partial charge < -0.3 is 18.5 Å². The summed E-state index contributed by atoms with van der Waals surface area (Å²) >= 11 is 0. The van der Waals surface area contributed by atoms with Crippen LogP contribution in [0.3, 0.4) is 0 Å². The van der Waals surface area contributed by atoms with Crippen molar-refractivity contribution >= 4 is 30.9 Å². The highest BCUT2D eigenvalue weighted by molar-refractivity contribution is 7.62. The van der Waals surface area contributed by atoms with Crippen molar-refractivity contribution in [1.82, 2.24) is 0 Å². The normalized spacial score (nSPS) is 17.0. The fraction of sp³-hybridized carbons (Fsp3) is 0.412. The summed E-state index contributed by atoms with van der Waals surface area (Å²) < 4.78 is 33.3. The quantitative estimate of drug-likeness (QED) is 0.330. The number of ether oxygens (including phenoxy) is 2. The standard InChI is InChI=1S/C17H21O7P/c1-5-21-25(20,22-6-2)13-9-7-12(8-10-13)11-14-15(18)23-17(3,4)24-16(14)19/h7-11H,5-6H2,1-4H3. The van der Waals surface area contributed by atoms with Gasteiger partial charge in [-0.2, -0.15) is 0 Å². The molecule has 1 aromatic carbocycles. The monoisotopic (exact) mass is 368 g/mol. The van der Waals surface area contributed by atoms with Crippen LogP contribution in [0.25, 0.3) is 6.08 Å². The summed E-state index contributed by atoms with van der Waals surface area (Å²) in [7, 11) is -3.38. The van der Waals surface area contributed by atoms with Gasteiger partial charge in [-0.05, 0) is 37.6 Å². The molecule has 0 radical (unpaired) electrons. The molecule has 0 aromatic heterocycles. The lowest BCUT2D eigenvalue weighted by molar-refractivity contribution is -0.222. The van der Waals surface area contributed by atoms with E-state index >= 15 is 0 Å². The van der Waals surface area contributed by atoms with Crippen LogP contribution in [0.5, 0.6) is 0 Å². The molecular weight excluding hydrogens is 347 g/mol. The topological polar surface area (TPSA) is 88.1 Å². The van der Waals surface area contributed by atoms with Crippen LogP contribution in [-0.2, 0) is 32.7 Å². The number of hydrogen-bond acceptors (Lipinski definition) is 7. The van der Waals surface area contributed by atoms with E-state index in [1.807, 2.05) is 0 Å². The van der Waals surface area contributed by atoms with Gasteiger partial charge in [-0.15, -0.1) is 0 Å². The van der Waals surface area contributed by atoms with Crippen molar-refractivity contribution in [2.24, 2.45) is 0 Å². The lowest BCUT2D eigenvalue weighted by atomic mass is 10.1. The van der Waals surface area contributed by atoms with E-state index in [-0.39, 0.29) is 18.8 Å². The minimum absolute atomic E-state index is 0.204. The highest BCUT2D eigenvalue weighted by Gasteiger charge is 2.38. The Kier molecular flexibility index (Phi) is 5.83. The van der Waals surface area contributed by atoms with Gasteiger partial charge in [0, 0.05) is 13.8 Å². The zero-order valence-electron chi connectivity index (χ0n) is 14.6. The Balaban J connectivity index is 2.27. The van der Waals surface area contributed by atoms with Crippen LogP contribution in [0.2, 0.25) is 0 Å². The summed E-state index contributed by atoms with van der Waals surface area (Å²) in [4.78, 5) is 23.9. The van der Waals surface area contributed by atoms with Crippen LogP contribution >= 0.6 is 7.60 Å². The van der Waals surface area contributed by atoms with E-state index in [1.54, 1.807) is 38.1 Å². The van der Waals surface area contributed by atoms with Gasteiger partial charge in [0.05, 0.1) is 18.5 Å². The van der Waals surface area contributed by atoms with Crippen LogP contribution < -0.4 is 5.30 Å². The maximum atomic E-state index is 12.7. The summed E-state index contributed by atoms with van der Waals surface area (Å²) in [5.74, 6) is -2.78. The van der Waals surface area contributed by atoms with Crippen molar-refractivity contribution in [2.45, 2.75) is 33.5 Å². The van der Waals surface area contributed by atoms with Crippen molar-refractivity contribution < 1.29 is 32.7 Å². The van der Waals surface area contributed by atoms with Gasteiger partial charge >= 0.3 is 19.5 Å². The summed E-state index contributed by atoms with van der Waals surface area (Å²) in [6.07, 6.45) is 1.36. The van der Waals surface area contributed by atoms with E-state index in [9.17, 15) is 14.2 Å². The second-order valence-corrected chi connectivity index (χ2v) is 7.69. The summed E-state index contributed by atoms with van der Waals surface area (Å²) in [5.41, 5.74) is 0.344. The van der Waals surface area contributed by atoms with Gasteiger partial charge in [-0.1, -0.05) is 12.1 Å². The van der Waals surface area contributed by atoms with Crippen LogP contribution in [0, 0.1) is 0 Å². The molecule has 0 unspecified atom stereocenters. The van der Waals surface area contributed by atoms with E-state index in [4.69, 9.17) is 18.5 Å². The highest BCUT2D eigenvalue weighted by atomic mass is 31.2.